The number of hydrogen-bond acceptors (Lipinski definition) is 4. The van der Waals surface area contributed by atoms with Crippen LogP contribution in [0.5, 0.6) is 0 Å². The van der Waals surface area contributed by atoms with E-state index < -0.39 is 0 Å². The first-order valence-electron chi connectivity index (χ1n) is 10.7. The number of nitrogens with one attached hydrogen (secondary N) is 10. The summed E-state index contributed by atoms with van der Waals surface area (Å²) in [6.45, 7) is 1.25. The summed E-state index contributed by atoms with van der Waals surface area (Å²) in [4.78, 5) is 0. The molecule has 186 valence electrons. The zero-order valence-electron chi connectivity index (χ0n) is 18.6. The molecule has 0 aromatic heterocycles. The summed E-state index contributed by atoms with van der Waals surface area (Å²) in [7, 11) is 0. The minimum atomic E-state index is -0.00148. The number of unbranched alkanes of at least 4 members (excludes halogenated alkanes) is 3. The Morgan fingerprint density at radius 2 is 0.886 bits per heavy atom. The van der Waals surface area contributed by atoms with Crippen LogP contribution in [0.1, 0.15) is 25.7 Å². The molecule has 0 heterocycles. The van der Waals surface area contributed by atoms with E-state index in [0.29, 0.717) is 34.5 Å². The van der Waals surface area contributed by atoms with Crippen LogP contribution in [0.15, 0.2) is 48.5 Å². The van der Waals surface area contributed by atoms with E-state index >= 15 is 0 Å². The van der Waals surface area contributed by atoms with Crippen molar-refractivity contribution in [2.24, 2.45) is 0 Å². The van der Waals surface area contributed by atoms with Crippen molar-refractivity contribution in [1.82, 2.24) is 21.3 Å². The number of hydrogen-bond donors (Lipinski definition) is 10. The van der Waals surface area contributed by atoms with E-state index in [-0.39, 0.29) is 61.6 Å². The van der Waals surface area contributed by atoms with Crippen molar-refractivity contribution >= 4 is 96.2 Å². The van der Waals surface area contributed by atoms with Crippen LogP contribution in [0, 0.1) is 21.6 Å². The second kappa shape index (κ2) is 17.2. The molecular weight excluding hydrogens is 515 g/mol. The van der Waals surface area contributed by atoms with Crippen LogP contribution in [0.2, 0.25) is 10.0 Å². The molecule has 10 N–H and O–H groups in total. The fraction of sp³-hybridized carbons (Fsp3) is 0.273. The van der Waals surface area contributed by atoms with Crippen LogP contribution in [0.4, 0.5) is 11.4 Å². The fourth-order valence-electron chi connectivity index (χ4n) is 2.79. The number of benzene rings is 2. The van der Waals surface area contributed by atoms with Crippen LogP contribution in [-0.4, -0.2) is 74.7 Å². The van der Waals surface area contributed by atoms with Crippen molar-refractivity contribution in [3.8, 4) is 0 Å². The van der Waals surface area contributed by atoms with Crippen molar-refractivity contribution in [3.05, 3.63) is 58.6 Å². The van der Waals surface area contributed by atoms with Crippen LogP contribution >= 0.6 is 23.2 Å². The molecule has 10 nitrogen and oxygen atoms in total. The second-order valence-corrected chi connectivity index (χ2v) is 8.15. The molecule has 0 fully saturated rings. The molecule has 0 bridgehead atoms. The van der Waals surface area contributed by atoms with Gasteiger partial charge in [0.15, 0.2) is 23.8 Å². The quantitative estimate of drug-likeness (QED) is 0.100. The summed E-state index contributed by atoms with van der Waals surface area (Å²) < 4.78 is 0. The zero-order valence-corrected chi connectivity index (χ0v) is 20.1. The van der Waals surface area contributed by atoms with Crippen LogP contribution in [-0.2, 0) is 0 Å². The number of halogens is 2. The van der Waals surface area contributed by atoms with Gasteiger partial charge in [-0.3, -0.25) is 32.3 Å². The van der Waals surface area contributed by atoms with Crippen molar-refractivity contribution in [1.29, 1.82) is 21.6 Å². The molecule has 0 saturated heterocycles. The van der Waals surface area contributed by atoms with Crippen molar-refractivity contribution in [2.75, 3.05) is 23.7 Å². The predicted molar refractivity (Wildman–Crippen MR) is 150 cm³/mol. The summed E-state index contributed by atoms with van der Waals surface area (Å²) in [5, 5.41) is 49.5. The van der Waals surface area contributed by atoms with Crippen LogP contribution in [0.3, 0.4) is 0 Å². The summed E-state index contributed by atoms with van der Waals surface area (Å²) in [6, 6.07) is 13.9. The molecule has 2 aromatic carbocycles. The number of guanidine groups is 4. The Morgan fingerprint density at radius 3 is 1.23 bits per heavy atom. The van der Waals surface area contributed by atoms with Gasteiger partial charge in [-0.2, -0.15) is 0 Å². The average Bonchev–Trinajstić information content (AvgIpc) is 2.78. The SMILES string of the molecule is N=C(NCCCCCCNC(=N)NC(=N)Nc1ccc(Cl)cc1)NC(=N)Nc1ccc(Cl)cc1.[CaH2]. The Kier molecular flexibility index (Phi) is 15.2. The molecule has 35 heavy (non-hydrogen) atoms. The van der Waals surface area contributed by atoms with E-state index in [0.717, 1.165) is 25.7 Å². The Morgan fingerprint density at radius 1 is 0.543 bits per heavy atom. The molecule has 0 atom stereocenters. The molecule has 0 saturated carbocycles. The van der Waals surface area contributed by atoms with E-state index in [1.807, 2.05) is 0 Å². The normalized spacial score (nSPS) is 9.77. The van der Waals surface area contributed by atoms with Gasteiger partial charge in [0.05, 0.1) is 0 Å². The van der Waals surface area contributed by atoms with Gasteiger partial charge in [-0.25, -0.2) is 0 Å². The molecule has 13 heteroatoms. The molecule has 0 aliphatic carbocycles. The van der Waals surface area contributed by atoms with Gasteiger partial charge in [0.25, 0.3) is 0 Å². The maximum atomic E-state index is 7.86. The first-order valence-corrected chi connectivity index (χ1v) is 11.5. The van der Waals surface area contributed by atoms with E-state index in [2.05, 4.69) is 31.9 Å². The Balaban J connectivity index is 0.00000612. The van der Waals surface area contributed by atoms with Gasteiger partial charge in [0.1, 0.15) is 0 Å². The Labute approximate surface area is 245 Å². The van der Waals surface area contributed by atoms with Crippen molar-refractivity contribution < 1.29 is 0 Å². The molecule has 2 rings (SSSR count). The molecule has 2 aromatic rings. The van der Waals surface area contributed by atoms with Crippen LogP contribution < -0.4 is 31.9 Å². The monoisotopic (exact) mass is 546 g/mol. The molecule has 0 radical (unpaired) electrons. The van der Waals surface area contributed by atoms with Gasteiger partial charge < -0.3 is 21.3 Å². The Bertz CT molecular complexity index is 888. The van der Waals surface area contributed by atoms with Gasteiger partial charge in [0, 0.05) is 34.5 Å². The van der Waals surface area contributed by atoms with Gasteiger partial charge in [-0.05, 0) is 61.4 Å². The second-order valence-electron chi connectivity index (χ2n) is 7.28. The van der Waals surface area contributed by atoms with Gasteiger partial charge in [-0.15, -0.1) is 0 Å². The third-order valence-corrected chi connectivity index (χ3v) is 4.94. The standard InChI is InChI=1S/C22H30Cl2N10.Ca.2H/c23-15-5-9-17(10-6-15)31-21(27)33-19(25)29-13-3-1-2-4-14-30-20(26)34-22(28)32-18-11-7-16(24)8-12-18;;;/h5-12H,1-4,13-14H2,(H5,25,27,29,31,33)(H5,26,28,30,32,34);;;. The topological polar surface area (TPSA) is 168 Å². The minimum absolute atomic E-state index is 0. The molecule has 0 aliphatic heterocycles. The molecule has 0 unspecified atom stereocenters. The van der Waals surface area contributed by atoms with Crippen LogP contribution in [0.25, 0.3) is 0 Å². The summed E-state index contributed by atoms with van der Waals surface area (Å²) >= 11 is 11.7. The van der Waals surface area contributed by atoms with Gasteiger partial charge >= 0.3 is 37.7 Å². The van der Waals surface area contributed by atoms with Crippen molar-refractivity contribution in [3.63, 3.8) is 0 Å². The summed E-state index contributed by atoms with van der Waals surface area (Å²) in [6.07, 6.45) is 3.70. The predicted octanol–water partition coefficient (Wildman–Crippen LogP) is 3.26. The van der Waals surface area contributed by atoms with E-state index in [1.165, 1.54) is 0 Å². The zero-order chi connectivity index (χ0) is 24.8. The summed E-state index contributed by atoms with van der Waals surface area (Å²) in [5.74, 6) is 0.112. The molecular formula is C22H32CaCl2N10. The maximum absolute atomic E-state index is 7.86. The van der Waals surface area contributed by atoms with E-state index in [1.54, 1.807) is 48.5 Å². The molecule has 0 spiro atoms. The Hall–Kier alpha value is -2.24. The molecule has 0 amide bonds. The van der Waals surface area contributed by atoms with Gasteiger partial charge in [0.2, 0.25) is 0 Å². The summed E-state index contributed by atoms with van der Waals surface area (Å²) in [5.41, 5.74) is 1.42. The first-order chi connectivity index (χ1) is 16.3. The third-order valence-electron chi connectivity index (χ3n) is 4.43. The first kappa shape index (κ1) is 30.8. The third kappa shape index (κ3) is 14.0. The fourth-order valence-corrected chi connectivity index (χ4v) is 3.04. The average molecular weight is 548 g/mol. The van der Waals surface area contributed by atoms with E-state index in [4.69, 9.17) is 44.8 Å². The molecule has 0 aliphatic rings. The van der Waals surface area contributed by atoms with Crippen molar-refractivity contribution in [2.45, 2.75) is 25.7 Å². The number of rotatable bonds is 9. The van der Waals surface area contributed by atoms with E-state index in [9.17, 15) is 0 Å². The number of anilines is 2. The van der Waals surface area contributed by atoms with Gasteiger partial charge in [-0.1, -0.05) is 36.0 Å².